The Hall–Kier alpha value is -2.57. The molecule has 3 N–H and O–H groups in total. The molecule has 1 saturated carbocycles. The molecule has 1 saturated heterocycles. The smallest absolute Gasteiger partial charge is 0.163 e. The van der Waals surface area contributed by atoms with E-state index in [1.807, 2.05) is 36.5 Å². The van der Waals surface area contributed by atoms with E-state index in [9.17, 15) is 0 Å². The van der Waals surface area contributed by atoms with Crippen LogP contribution in [-0.2, 0) is 0 Å². The summed E-state index contributed by atoms with van der Waals surface area (Å²) in [6.07, 6.45) is 7.08. The molecule has 1 aliphatic carbocycles. The third-order valence-electron chi connectivity index (χ3n) is 5.50. The first-order valence-corrected chi connectivity index (χ1v) is 9.29. The van der Waals surface area contributed by atoms with E-state index in [1.165, 1.54) is 6.42 Å². The van der Waals surface area contributed by atoms with Gasteiger partial charge in [-0.2, -0.15) is 0 Å². The fourth-order valence-corrected chi connectivity index (χ4v) is 4.14. The molecule has 0 spiro atoms. The van der Waals surface area contributed by atoms with E-state index in [1.54, 1.807) is 6.20 Å². The summed E-state index contributed by atoms with van der Waals surface area (Å²) in [6.45, 7) is 1.05. The lowest BCUT2D eigenvalue weighted by Crippen LogP contribution is -2.39. The number of fused-ring (bicyclic) bond motifs is 2. The largest absolute Gasteiger partial charge is 0.367 e. The van der Waals surface area contributed by atoms with E-state index >= 15 is 0 Å². The lowest BCUT2D eigenvalue weighted by Gasteiger charge is -2.31. The van der Waals surface area contributed by atoms with Gasteiger partial charge in [0.25, 0.3) is 0 Å². The van der Waals surface area contributed by atoms with Crippen LogP contribution in [0.25, 0.3) is 22.3 Å². The van der Waals surface area contributed by atoms with E-state index in [0.29, 0.717) is 18.0 Å². The molecule has 26 heavy (non-hydrogen) atoms. The number of aromatic nitrogens is 3. The van der Waals surface area contributed by atoms with E-state index < -0.39 is 0 Å². The fourth-order valence-electron chi connectivity index (χ4n) is 4.14. The number of hydrogen-bond acceptors (Lipinski definition) is 6. The van der Waals surface area contributed by atoms with Crippen LogP contribution in [0.15, 0.2) is 48.8 Å². The average Bonchev–Trinajstić information content (AvgIpc) is 3.16. The SMILES string of the molecule is c1cncc(-c2nc(NC3CCC4NNCC4C3)c3ccccc3n2)c1. The number of nitrogens with one attached hydrogen (secondary N) is 3. The van der Waals surface area contributed by atoms with Crippen molar-refractivity contribution in [2.24, 2.45) is 5.92 Å². The quantitative estimate of drug-likeness (QED) is 0.677. The second-order valence-corrected chi connectivity index (χ2v) is 7.20. The summed E-state index contributed by atoms with van der Waals surface area (Å²) in [6, 6.07) is 13.2. The van der Waals surface area contributed by atoms with Gasteiger partial charge in [0.1, 0.15) is 5.82 Å². The molecule has 3 heterocycles. The van der Waals surface area contributed by atoms with Crippen molar-refractivity contribution >= 4 is 16.7 Å². The number of pyridine rings is 1. The lowest BCUT2D eigenvalue weighted by atomic mass is 9.83. The van der Waals surface area contributed by atoms with E-state index in [-0.39, 0.29) is 0 Å². The van der Waals surface area contributed by atoms with Crippen molar-refractivity contribution in [1.29, 1.82) is 0 Å². The van der Waals surface area contributed by atoms with Crippen molar-refractivity contribution in [2.75, 3.05) is 11.9 Å². The highest BCUT2D eigenvalue weighted by Gasteiger charge is 2.34. The molecule has 1 aliphatic heterocycles. The van der Waals surface area contributed by atoms with Crippen molar-refractivity contribution in [1.82, 2.24) is 25.8 Å². The minimum Gasteiger partial charge on any atom is -0.367 e. The highest BCUT2D eigenvalue weighted by Crippen LogP contribution is 2.31. The molecule has 3 atom stereocenters. The first kappa shape index (κ1) is 15.7. The summed E-state index contributed by atoms with van der Waals surface area (Å²) >= 11 is 0. The molecule has 132 valence electrons. The van der Waals surface area contributed by atoms with Gasteiger partial charge in [0.15, 0.2) is 5.82 Å². The topological polar surface area (TPSA) is 74.8 Å². The normalized spacial score (nSPS) is 25.2. The first-order chi connectivity index (χ1) is 12.9. The van der Waals surface area contributed by atoms with Crippen LogP contribution in [0.3, 0.4) is 0 Å². The van der Waals surface area contributed by atoms with E-state index in [4.69, 9.17) is 9.97 Å². The zero-order valence-corrected chi connectivity index (χ0v) is 14.5. The zero-order chi connectivity index (χ0) is 17.3. The molecule has 0 amide bonds. The van der Waals surface area contributed by atoms with E-state index in [2.05, 4.69) is 27.2 Å². The summed E-state index contributed by atoms with van der Waals surface area (Å²) < 4.78 is 0. The van der Waals surface area contributed by atoms with Crippen LogP contribution in [0.5, 0.6) is 0 Å². The number of nitrogens with zero attached hydrogens (tertiary/aromatic N) is 3. The number of rotatable bonds is 3. The third kappa shape index (κ3) is 2.91. The van der Waals surface area contributed by atoms with Crippen LogP contribution < -0.4 is 16.2 Å². The Morgan fingerprint density at radius 1 is 1.04 bits per heavy atom. The number of anilines is 1. The summed E-state index contributed by atoms with van der Waals surface area (Å²) in [7, 11) is 0. The van der Waals surface area contributed by atoms with Crippen molar-refractivity contribution in [3.8, 4) is 11.4 Å². The van der Waals surface area contributed by atoms with Gasteiger partial charge in [-0.25, -0.2) is 9.97 Å². The maximum atomic E-state index is 4.86. The first-order valence-electron chi connectivity index (χ1n) is 9.29. The zero-order valence-electron chi connectivity index (χ0n) is 14.5. The van der Waals surface area contributed by atoms with Crippen LogP contribution in [-0.4, -0.2) is 33.6 Å². The number of hydrogen-bond donors (Lipinski definition) is 3. The van der Waals surface area contributed by atoms with E-state index in [0.717, 1.165) is 47.5 Å². The van der Waals surface area contributed by atoms with Crippen LogP contribution in [0.2, 0.25) is 0 Å². The number of para-hydroxylation sites is 1. The molecule has 6 nitrogen and oxygen atoms in total. The Kier molecular flexibility index (Phi) is 3.99. The Morgan fingerprint density at radius 3 is 2.92 bits per heavy atom. The van der Waals surface area contributed by atoms with Crippen molar-refractivity contribution in [3.63, 3.8) is 0 Å². The molecular weight excluding hydrogens is 324 g/mol. The highest BCUT2D eigenvalue weighted by atomic mass is 15.4. The lowest BCUT2D eigenvalue weighted by molar-refractivity contribution is 0.314. The van der Waals surface area contributed by atoms with Crippen LogP contribution in [0.4, 0.5) is 5.82 Å². The standard InChI is InChI=1S/C20H22N6/c1-2-6-18-16(5-1)20(25-19(24-18)13-4-3-9-21-11-13)23-15-7-8-17-14(10-15)12-22-26-17/h1-6,9,11,14-15,17,22,26H,7-8,10,12H2,(H,23,24,25). The molecule has 6 heteroatoms. The molecular formula is C20H22N6. The number of benzene rings is 1. The maximum absolute atomic E-state index is 4.86. The second kappa shape index (κ2) is 6.63. The highest BCUT2D eigenvalue weighted by molar-refractivity contribution is 5.90. The van der Waals surface area contributed by atoms with Gasteiger partial charge in [0.05, 0.1) is 5.52 Å². The molecule has 0 bridgehead atoms. The van der Waals surface area contributed by atoms with Crippen molar-refractivity contribution < 1.29 is 0 Å². The van der Waals surface area contributed by atoms with Gasteiger partial charge in [0, 0.05) is 42.0 Å². The molecule has 3 unspecified atom stereocenters. The monoisotopic (exact) mass is 346 g/mol. The Morgan fingerprint density at radius 2 is 2.00 bits per heavy atom. The predicted molar refractivity (Wildman–Crippen MR) is 102 cm³/mol. The Balaban J connectivity index is 1.50. The molecule has 2 aliphatic rings. The van der Waals surface area contributed by atoms with Gasteiger partial charge >= 0.3 is 0 Å². The fraction of sp³-hybridized carbons (Fsp3) is 0.350. The third-order valence-corrected chi connectivity index (χ3v) is 5.50. The van der Waals surface area contributed by atoms with Gasteiger partial charge in [-0.05, 0) is 49.4 Å². The predicted octanol–water partition coefficient (Wildman–Crippen LogP) is 2.75. The molecule has 2 aromatic heterocycles. The molecule has 2 fully saturated rings. The summed E-state index contributed by atoms with van der Waals surface area (Å²) in [5, 5.41) is 4.79. The Bertz CT molecular complexity index is 913. The van der Waals surface area contributed by atoms with Gasteiger partial charge in [-0.1, -0.05) is 12.1 Å². The van der Waals surface area contributed by atoms with Gasteiger partial charge in [0.2, 0.25) is 0 Å². The summed E-state index contributed by atoms with van der Waals surface area (Å²) in [5.74, 6) is 2.33. The van der Waals surface area contributed by atoms with Crippen LogP contribution in [0.1, 0.15) is 19.3 Å². The van der Waals surface area contributed by atoms with Crippen molar-refractivity contribution in [2.45, 2.75) is 31.3 Å². The van der Waals surface area contributed by atoms with Crippen LogP contribution in [0, 0.1) is 5.92 Å². The maximum Gasteiger partial charge on any atom is 0.163 e. The summed E-state index contributed by atoms with van der Waals surface area (Å²) in [4.78, 5) is 13.8. The summed E-state index contributed by atoms with van der Waals surface area (Å²) in [5.41, 5.74) is 8.59. The van der Waals surface area contributed by atoms with Crippen molar-refractivity contribution in [3.05, 3.63) is 48.8 Å². The minimum atomic E-state index is 0.443. The molecule has 5 rings (SSSR count). The van der Waals surface area contributed by atoms with Gasteiger partial charge in [-0.3, -0.25) is 15.8 Å². The number of hydrazine groups is 1. The molecule has 1 aromatic carbocycles. The van der Waals surface area contributed by atoms with Crippen LogP contribution >= 0.6 is 0 Å². The molecule has 3 aromatic rings. The average molecular weight is 346 g/mol. The minimum absolute atomic E-state index is 0.443. The Labute approximate surface area is 152 Å². The molecule has 0 radical (unpaired) electrons. The second-order valence-electron chi connectivity index (χ2n) is 7.20. The van der Waals surface area contributed by atoms with Gasteiger partial charge < -0.3 is 5.32 Å². The van der Waals surface area contributed by atoms with Gasteiger partial charge in [-0.15, -0.1) is 0 Å².